The lowest BCUT2D eigenvalue weighted by atomic mass is 10.1. The lowest BCUT2D eigenvalue weighted by molar-refractivity contribution is -0.127. The van der Waals surface area contributed by atoms with E-state index in [0.717, 1.165) is 12.8 Å². The maximum absolute atomic E-state index is 12.3. The molecule has 0 unspecified atom stereocenters. The Hall–Kier alpha value is -2.43. The van der Waals surface area contributed by atoms with Gasteiger partial charge in [-0.05, 0) is 51.5 Å². The summed E-state index contributed by atoms with van der Waals surface area (Å²) in [6.45, 7) is 8.46. The van der Waals surface area contributed by atoms with Crippen molar-refractivity contribution >= 4 is 23.3 Å². The molecule has 0 bridgehead atoms. The molecule has 5 heteroatoms. The van der Waals surface area contributed by atoms with Crippen molar-refractivity contribution in [1.82, 2.24) is 4.90 Å². The molecule has 0 radical (unpaired) electrons. The smallest absolute Gasteiger partial charge is 0.249 e. The lowest BCUT2D eigenvalue weighted by Crippen LogP contribution is -2.32. The number of carbonyl (C=O) groups is 3. The Labute approximate surface area is 143 Å². The lowest BCUT2D eigenvalue weighted by Gasteiger charge is -2.20. The fourth-order valence-electron chi connectivity index (χ4n) is 2.23. The topological polar surface area (TPSA) is 66.5 Å². The second-order valence-electron chi connectivity index (χ2n) is 5.69. The molecule has 0 aromatic heterocycles. The Kier molecular flexibility index (Phi) is 7.89. The third-order valence-corrected chi connectivity index (χ3v) is 3.69. The van der Waals surface area contributed by atoms with Crippen LogP contribution >= 0.6 is 0 Å². The number of carbonyl (C=O) groups excluding carboxylic acids is 3. The van der Waals surface area contributed by atoms with Crippen molar-refractivity contribution in [2.24, 2.45) is 0 Å². The number of ketones is 1. The van der Waals surface area contributed by atoms with E-state index in [1.54, 1.807) is 36.1 Å². The number of hydrogen-bond acceptors (Lipinski definition) is 3. The first-order valence-corrected chi connectivity index (χ1v) is 8.28. The highest BCUT2D eigenvalue weighted by Crippen LogP contribution is 2.11. The van der Waals surface area contributed by atoms with Crippen LogP contribution in [-0.2, 0) is 9.59 Å². The van der Waals surface area contributed by atoms with Crippen LogP contribution in [0.15, 0.2) is 35.9 Å². The molecule has 1 rings (SSSR count). The minimum atomic E-state index is -0.358. The van der Waals surface area contributed by atoms with E-state index in [2.05, 4.69) is 12.2 Å². The van der Waals surface area contributed by atoms with Gasteiger partial charge in [-0.1, -0.05) is 13.3 Å². The number of nitrogens with zero attached hydrogens (tertiary/aromatic N) is 1. The minimum Gasteiger partial charge on any atom is -0.339 e. The van der Waals surface area contributed by atoms with Crippen LogP contribution in [0.3, 0.4) is 0 Å². The molecule has 1 N–H and O–H groups in total. The van der Waals surface area contributed by atoms with Crippen LogP contribution in [-0.4, -0.2) is 35.6 Å². The summed E-state index contributed by atoms with van der Waals surface area (Å²) in [4.78, 5) is 37.3. The molecule has 130 valence electrons. The van der Waals surface area contributed by atoms with Gasteiger partial charge in [0.05, 0.1) is 0 Å². The van der Waals surface area contributed by atoms with Gasteiger partial charge in [-0.3, -0.25) is 14.4 Å². The first-order chi connectivity index (χ1) is 11.4. The molecule has 0 spiro atoms. The minimum absolute atomic E-state index is 0.0269. The Balaban J connectivity index is 2.71. The summed E-state index contributed by atoms with van der Waals surface area (Å²) < 4.78 is 0. The molecule has 0 aliphatic carbocycles. The molecule has 0 saturated carbocycles. The van der Waals surface area contributed by atoms with Gasteiger partial charge < -0.3 is 10.2 Å². The molecule has 0 saturated heterocycles. The number of likely N-dealkylation sites (N-methyl/N-ethyl adjacent to an activating group) is 1. The number of Topliss-reactive ketones (excluding diaryl/α,β-unsaturated/α-hetero) is 1. The molecule has 0 aliphatic heterocycles. The maximum atomic E-state index is 12.3. The van der Waals surface area contributed by atoms with E-state index in [1.165, 1.54) is 13.0 Å². The fraction of sp³-hybridized carbons (Fsp3) is 0.421. The predicted octanol–water partition coefficient (Wildman–Crippen LogP) is 3.42. The SMILES string of the molecule is CCCCN(CC)C(=O)/C(C)=C\C(=O)Nc1ccc(C(C)=O)cc1. The Morgan fingerprint density at radius 2 is 1.71 bits per heavy atom. The summed E-state index contributed by atoms with van der Waals surface area (Å²) in [5.41, 5.74) is 1.58. The van der Waals surface area contributed by atoms with Gasteiger partial charge in [0.1, 0.15) is 0 Å². The van der Waals surface area contributed by atoms with E-state index >= 15 is 0 Å². The molecule has 0 aliphatic rings. The zero-order valence-electron chi connectivity index (χ0n) is 14.9. The number of hydrogen-bond donors (Lipinski definition) is 1. The van der Waals surface area contributed by atoms with Crippen LogP contribution in [0.1, 0.15) is 50.9 Å². The maximum Gasteiger partial charge on any atom is 0.249 e. The van der Waals surface area contributed by atoms with E-state index in [4.69, 9.17) is 0 Å². The first kappa shape index (κ1) is 19.6. The molecule has 0 atom stereocenters. The molecule has 24 heavy (non-hydrogen) atoms. The molecular formula is C19H26N2O3. The van der Waals surface area contributed by atoms with Gasteiger partial charge in [-0.25, -0.2) is 0 Å². The molecule has 0 heterocycles. The number of nitrogens with one attached hydrogen (secondary N) is 1. The summed E-state index contributed by atoms with van der Waals surface area (Å²) in [7, 11) is 0. The van der Waals surface area contributed by atoms with Gasteiger partial charge >= 0.3 is 0 Å². The summed E-state index contributed by atoms with van der Waals surface area (Å²) in [6, 6.07) is 6.64. The van der Waals surface area contributed by atoms with Gasteiger partial charge in [0.25, 0.3) is 0 Å². The number of amides is 2. The van der Waals surface area contributed by atoms with Crippen molar-refractivity contribution in [3.8, 4) is 0 Å². The Morgan fingerprint density at radius 1 is 1.08 bits per heavy atom. The number of unbranched alkanes of at least 4 members (excludes halogenated alkanes) is 1. The van der Waals surface area contributed by atoms with Crippen molar-refractivity contribution in [3.63, 3.8) is 0 Å². The van der Waals surface area contributed by atoms with Crippen LogP contribution in [0, 0.1) is 0 Å². The van der Waals surface area contributed by atoms with E-state index in [1.807, 2.05) is 6.92 Å². The standard InChI is InChI=1S/C19H26N2O3/c1-5-7-12-21(6-2)19(24)14(3)13-18(23)20-17-10-8-16(9-11-17)15(4)22/h8-11,13H,5-7,12H2,1-4H3,(H,20,23)/b14-13-. The van der Waals surface area contributed by atoms with E-state index in [0.29, 0.717) is 29.9 Å². The van der Waals surface area contributed by atoms with Gasteiger partial charge in [-0.2, -0.15) is 0 Å². The molecule has 2 amide bonds. The van der Waals surface area contributed by atoms with Crippen molar-refractivity contribution < 1.29 is 14.4 Å². The Morgan fingerprint density at radius 3 is 2.21 bits per heavy atom. The van der Waals surface area contributed by atoms with E-state index in [-0.39, 0.29) is 17.6 Å². The van der Waals surface area contributed by atoms with Crippen LogP contribution in [0.5, 0.6) is 0 Å². The largest absolute Gasteiger partial charge is 0.339 e. The summed E-state index contributed by atoms with van der Waals surface area (Å²) in [5.74, 6) is -0.503. The highest BCUT2D eigenvalue weighted by atomic mass is 16.2. The zero-order chi connectivity index (χ0) is 18.1. The molecule has 1 aromatic rings. The van der Waals surface area contributed by atoms with E-state index in [9.17, 15) is 14.4 Å². The van der Waals surface area contributed by atoms with Gasteiger partial charge in [0.15, 0.2) is 5.78 Å². The van der Waals surface area contributed by atoms with Crippen molar-refractivity contribution in [2.45, 2.75) is 40.5 Å². The summed E-state index contributed by atoms with van der Waals surface area (Å²) in [5, 5.41) is 2.70. The van der Waals surface area contributed by atoms with Crippen LogP contribution in [0.4, 0.5) is 5.69 Å². The van der Waals surface area contributed by atoms with Crippen LogP contribution in [0.25, 0.3) is 0 Å². The van der Waals surface area contributed by atoms with Crippen molar-refractivity contribution in [1.29, 1.82) is 0 Å². The average Bonchev–Trinajstić information content (AvgIpc) is 2.55. The third-order valence-electron chi connectivity index (χ3n) is 3.69. The van der Waals surface area contributed by atoms with Crippen LogP contribution < -0.4 is 5.32 Å². The molecule has 5 nitrogen and oxygen atoms in total. The first-order valence-electron chi connectivity index (χ1n) is 8.28. The summed E-state index contributed by atoms with van der Waals surface area (Å²) >= 11 is 0. The fourth-order valence-corrected chi connectivity index (χ4v) is 2.23. The second-order valence-corrected chi connectivity index (χ2v) is 5.69. The van der Waals surface area contributed by atoms with Crippen molar-refractivity contribution in [2.75, 3.05) is 18.4 Å². The molecular weight excluding hydrogens is 304 g/mol. The number of anilines is 1. The monoisotopic (exact) mass is 330 g/mol. The van der Waals surface area contributed by atoms with Gasteiger partial charge in [0, 0.05) is 36.0 Å². The van der Waals surface area contributed by atoms with Crippen LogP contribution in [0.2, 0.25) is 0 Å². The molecule has 1 aromatic carbocycles. The molecule has 0 fully saturated rings. The highest BCUT2D eigenvalue weighted by Gasteiger charge is 2.14. The average molecular weight is 330 g/mol. The van der Waals surface area contributed by atoms with E-state index < -0.39 is 0 Å². The quantitative estimate of drug-likeness (QED) is 0.586. The zero-order valence-corrected chi connectivity index (χ0v) is 14.9. The second kappa shape index (κ2) is 9.65. The summed E-state index contributed by atoms with van der Waals surface area (Å²) in [6.07, 6.45) is 3.28. The normalized spacial score (nSPS) is 11.1. The number of rotatable bonds is 8. The van der Waals surface area contributed by atoms with Crippen molar-refractivity contribution in [3.05, 3.63) is 41.5 Å². The van der Waals surface area contributed by atoms with Gasteiger partial charge in [-0.15, -0.1) is 0 Å². The van der Waals surface area contributed by atoms with Gasteiger partial charge in [0.2, 0.25) is 11.8 Å². The number of benzene rings is 1. The Bertz CT molecular complexity index is 618. The third kappa shape index (κ3) is 5.99. The highest BCUT2D eigenvalue weighted by molar-refractivity contribution is 6.06. The predicted molar refractivity (Wildman–Crippen MR) is 96.0 cm³/mol.